The predicted octanol–water partition coefficient (Wildman–Crippen LogP) is 2.65. The van der Waals surface area contributed by atoms with E-state index >= 15 is 0 Å². The number of carbonyl (C=O) groups excluding carboxylic acids is 1. The van der Waals surface area contributed by atoms with Crippen molar-refractivity contribution in [3.8, 4) is 0 Å². The highest BCUT2D eigenvalue weighted by Crippen LogP contribution is 2.18. The van der Waals surface area contributed by atoms with Crippen molar-refractivity contribution in [2.24, 2.45) is 5.16 Å². The highest BCUT2D eigenvalue weighted by Gasteiger charge is 2.23. The summed E-state index contributed by atoms with van der Waals surface area (Å²) < 4.78 is 14.3. The molecule has 1 aromatic rings. The van der Waals surface area contributed by atoms with Crippen LogP contribution < -0.4 is 0 Å². The Morgan fingerprint density at radius 1 is 1.39 bits per heavy atom. The molecule has 6 heteroatoms. The van der Waals surface area contributed by atoms with Crippen LogP contribution in [0.25, 0.3) is 0 Å². The second-order valence-electron chi connectivity index (χ2n) is 4.08. The van der Waals surface area contributed by atoms with Gasteiger partial charge in [-0.05, 0) is 18.2 Å². The molecule has 1 N–H and O–H groups in total. The number of amides is 1. The van der Waals surface area contributed by atoms with Crippen molar-refractivity contribution in [2.75, 3.05) is 13.1 Å². The number of likely N-dealkylation sites (tertiary alicyclic amines) is 1. The second kappa shape index (κ2) is 5.48. The van der Waals surface area contributed by atoms with E-state index in [2.05, 4.69) is 21.1 Å². The quantitative estimate of drug-likeness (QED) is 0.640. The van der Waals surface area contributed by atoms with Gasteiger partial charge in [0.25, 0.3) is 5.91 Å². The molecule has 1 aliphatic heterocycles. The van der Waals surface area contributed by atoms with Crippen LogP contribution in [0.3, 0.4) is 0 Å². The van der Waals surface area contributed by atoms with Crippen LogP contribution in [-0.2, 0) is 0 Å². The van der Waals surface area contributed by atoms with Crippen molar-refractivity contribution in [2.45, 2.75) is 12.8 Å². The average molecular weight is 315 g/mol. The first-order valence-electron chi connectivity index (χ1n) is 5.56. The zero-order chi connectivity index (χ0) is 13.1. The number of hydrogen-bond donors (Lipinski definition) is 1. The van der Waals surface area contributed by atoms with Crippen molar-refractivity contribution in [1.82, 2.24) is 4.90 Å². The molecule has 0 saturated carbocycles. The number of benzene rings is 1. The number of nitrogens with zero attached hydrogens (tertiary/aromatic N) is 2. The van der Waals surface area contributed by atoms with Gasteiger partial charge in [-0.1, -0.05) is 21.1 Å². The number of halogens is 2. The van der Waals surface area contributed by atoms with Gasteiger partial charge in [-0.15, -0.1) is 0 Å². The molecule has 1 aromatic carbocycles. The third-order valence-corrected chi connectivity index (χ3v) is 3.42. The van der Waals surface area contributed by atoms with Crippen molar-refractivity contribution in [1.29, 1.82) is 0 Å². The normalized spacial score (nSPS) is 15.7. The lowest BCUT2D eigenvalue weighted by atomic mass is 10.1. The Bertz CT molecular complexity index is 495. The van der Waals surface area contributed by atoms with Gasteiger partial charge in [0.2, 0.25) is 0 Å². The first-order valence-corrected chi connectivity index (χ1v) is 6.35. The molecule has 1 aliphatic rings. The van der Waals surface area contributed by atoms with Gasteiger partial charge >= 0.3 is 0 Å². The molecule has 1 saturated heterocycles. The topological polar surface area (TPSA) is 52.9 Å². The molecule has 0 aliphatic carbocycles. The minimum atomic E-state index is -0.531. The molecular weight excluding hydrogens is 303 g/mol. The lowest BCUT2D eigenvalue weighted by Crippen LogP contribution is -2.39. The highest BCUT2D eigenvalue weighted by molar-refractivity contribution is 9.10. The molecule has 0 atom stereocenters. The molecule has 0 aromatic heterocycles. The minimum Gasteiger partial charge on any atom is -0.411 e. The van der Waals surface area contributed by atoms with Crippen LogP contribution in [0.4, 0.5) is 4.39 Å². The van der Waals surface area contributed by atoms with E-state index in [1.807, 2.05) is 0 Å². The van der Waals surface area contributed by atoms with Crippen molar-refractivity contribution >= 4 is 27.5 Å². The van der Waals surface area contributed by atoms with Crippen LogP contribution in [0, 0.1) is 5.82 Å². The molecule has 1 heterocycles. The van der Waals surface area contributed by atoms with E-state index in [1.165, 1.54) is 12.1 Å². The van der Waals surface area contributed by atoms with E-state index in [9.17, 15) is 9.18 Å². The van der Waals surface area contributed by atoms with E-state index < -0.39 is 5.82 Å². The molecule has 0 spiro atoms. The number of carbonyl (C=O) groups is 1. The zero-order valence-electron chi connectivity index (χ0n) is 9.57. The Labute approximate surface area is 112 Å². The number of piperidine rings is 1. The maximum Gasteiger partial charge on any atom is 0.256 e. The summed E-state index contributed by atoms with van der Waals surface area (Å²) in [7, 11) is 0. The third-order valence-electron chi connectivity index (χ3n) is 2.93. The van der Waals surface area contributed by atoms with Gasteiger partial charge in [0.1, 0.15) is 5.82 Å². The van der Waals surface area contributed by atoms with Crippen LogP contribution in [0.1, 0.15) is 23.2 Å². The first-order chi connectivity index (χ1) is 8.61. The van der Waals surface area contributed by atoms with Gasteiger partial charge in [0.05, 0.1) is 11.3 Å². The van der Waals surface area contributed by atoms with Gasteiger partial charge in [-0.3, -0.25) is 4.79 Å². The van der Waals surface area contributed by atoms with Crippen molar-refractivity contribution in [3.63, 3.8) is 0 Å². The first kappa shape index (κ1) is 13.0. The Morgan fingerprint density at radius 2 is 2.06 bits per heavy atom. The monoisotopic (exact) mass is 314 g/mol. The summed E-state index contributed by atoms with van der Waals surface area (Å²) >= 11 is 3.15. The van der Waals surface area contributed by atoms with Gasteiger partial charge in [0.15, 0.2) is 0 Å². The standard InChI is InChI=1S/C12H12BrFN2O2/c13-8-1-2-10(11(14)7-8)12(17)16-5-3-9(15-18)4-6-16/h1-2,7,18H,3-6H2. The Balaban J connectivity index is 2.12. The summed E-state index contributed by atoms with van der Waals surface area (Å²) in [5, 5.41) is 11.8. The molecule has 18 heavy (non-hydrogen) atoms. The Morgan fingerprint density at radius 3 is 2.61 bits per heavy atom. The van der Waals surface area contributed by atoms with Gasteiger partial charge in [-0.25, -0.2) is 4.39 Å². The maximum atomic E-state index is 13.7. The predicted molar refractivity (Wildman–Crippen MR) is 68.5 cm³/mol. The lowest BCUT2D eigenvalue weighted by molar-refractivity contribution is 0.0749. The van der Waals surface area contributed by atoms with Crippen molar-refractivity contribution in [3.05, 3.63) is 34.1 Å². The summed E-state index contributed by atoms with van der Waals surface area (Å²) in [5.74, 6) is -0.854. The van der Waals surface area contributed by atoms with E-state index in [1.54, 1.807) is 11.0 Å². The minimum absolute atomic E-state index is 0.0718. The molecule has 4 nitrogen and oxygen atoms in total. The summed E-state index contributed by atoms with van der Waals surface area (Å²) in [6.45, 7) is 0.904. The van der Waals surface area contributed by atoms with E-state index in [4.69, 9.17) is 5.21 Å². The highest BCUT2D eigenvalue weighted by atomic mass is 79.9. The molecule has 0 unspecified atom stereocenters. The molecule has 1 fully saturated rings. The Kier molecular flexibility index (Phi) is 3.96. The van der Waals surface area contributed by atoms with Gasteiger partial charge in [-0.2, -0.15) is 0 Å². The van der Waals surface area contributed by atoms with E-state index in [0.717, 1.165) is 0 Å². The molecule has 1 amide bonds. The van der Waals surface area contributed by atoms with E-state index in [0.29, 0.717) is 36.1 Å². The number of oxime groups is 1. The van der Waals surface area contributed by atoms with Crippen LogP contribution in [-0.4, -0.2) is 34.8 Å². The molecule has 96 valence electrons. The van der Waals surface area contributed by atoms with Crippen LogP contribution in [0.2, 0.25) is 0 Å². The van der Waals surface area contributed by atoms with Gasteiger partial charge in [0, 0.05) is 30.4 Å². The fourth-order valence-corrected chi connectivity index (χ4v) is 2.23. The largest absolute Gasteiger partial charge is 0.411 e. The summed E-state index contributed by atoms with van der Waals surface area (Å²) in [6.07, 6.45) is 1.06. The van der Waals surface area contributed by atoms with E-state index in [-0.39, 0.29) is 11.5 Å². The van der Waals surface area contributed by atoms with Crippen LogP contribution in [0.15, 0.2) is 27.8 Å². The average Bonchev–Trinajstić information content (AvgIpc) is 2.38. The van der Waals surface area contributed by atoms with Crippen LogP contribution in [0.5, 0.6) is 0 Å². The smallest absolute Gasteiger partial charge is 0.256 e. The number of hydrogen-bond acceptors (Lipinski definition) is 3. The fourth-order valence-electron chi connectivity index (χ4n) is 1.90. The van der Waals surface area contributed by atoms with Gasteiger partial charge < -0.3 is 10.1 Å². The Hall–Kier alpha value is -1.43. The van der Waals surface area contributed by atoms with Crippen molar-refractivity contribution < 1.29 is 14.4 Å². The number of rotatable bonds is 1. The molecular formula is C12H12BrFN2O2. The molecule has 0 radical (unpaired) electrons. The fraction of sp³-hybridized carbons (Fsp3) is 0.333. The lowest BCUT2D eigenvalue weighted by Gasteiger charge is -2.27. The SMILES string of the molecule is O=C(c1ccc(Br)cc1F)N1CCC(=NO)CC1. The summed E-state index contributed by atoms with van der Waals surface area (Å²) in [5.41, 5.74) is 0.748. The zero-order valence-corrected chi connectivity index (χ0v) is 11.2. The molecule has 0 bridgehead atoms. The maximum absolute atomic E-state index is 13.7. The second-order valence-corrected chi connectivity index (χ2v) is 5.00. The summed E-state index contributed by atoms with van der Waals surface area (Å²) in [4.78, 5) is 13.7. The third kappa shape index (κ3) is 2.69. The summed E-state index contributed by atoms with van der Waals surface area (Å²) in [6, 6.07) is 4.38. The van der Waals surface area contributed by atoms with Crippen LogP contribution >= 0.6 is 15.9 Å². The molecule has 2 rings (SSSR count).